The number of hydrogen-bond acceptors (Lipinski definition) is 4. The van der Waals surface area contributed by atoms with Crippen LogP contribution in [0, 0.1) is 0 Å². The van der Waals surface area contributed by atoms with E-state index >= 15 is 0 Å². The Morgan fingerprint density at radius 2 is 1.82 bits per heavy atom. The van der Waals surface area contributed by atoms with Crippen LogP contribution in [0.4, 0.5) is 5.69 Å². The van der Waals surface area contributed by atoms with E-state index in [0.717, 1.165) is 28.8 Å². The number of rotatable bonds is 7. The highest BCUT2D eigenvalue weighted by atomic mass is 32.2. The number of hydrogen-bond donors (Lipinski definition) is 1. The Bertz CT molecular complexity index is 1270. The molecule has 172 valence electrons. The lowest BCUT2D eigenvalue weighted by molar-refractivity contribution is 0.0981. The fraction of sp³-hybridized carbons (Fsp3) is 0.269. The second-order valence-electron chi connectivity index (χ2n) is 8.21. The monoisotopic (exact) mass is 464 g/mol. The van der Waals surface area contributed by atoms with Gasteiger partial charge in [-0.1, -0.05) is 37.3 Å². The molecule has 0 saturated carbocycles. The normalized spacial score (nSPS) is 15.4. The number of benzene rings is 3. The number of carbonyl (C=O) groups excluding carboxylic acids is 1. The first-order chi connectivity index (χ1) is 15.8. The van der Waals surface area contributed by atoms with Crippen molar-refractivity contribution in [3.8, 4) is 5.75 Å². The maximum absolute atomic E-state index is 13.3. The number of methoxy groups -OCH3 is 1. The van der Waals surface area contributed by atoms with Crippen LogP contribution in [-0.2, 0) is 29.4 Å². The first-order valence-corrected chi connectivity index (χ1v) is 12.5. The van der Waals surface area contributed by atoms with Crippen LogP contribution >= 0.6 is 0 Å². The summed E-state index contributed by atoms with van der Waals surface area (Å²) in [5.41, 5.74) is 4.07. The Morgan fingerprint density at radius 1 is 1.09 bits per heavy atom. The third-order valence-electron chi connectivity index (χ3n) is 6.03. The van der Waals surface area contributed by atoms with Crippen LogP contribution in [0.25, 0.3) is 0 Å². The van der Waals surface area contributed by atoms with Gasteiger partial charge in [-0.15, -0.1) is 0 Å². The first kappa shape index (κ1) is 23.0. The average Bonchev–Trinajstić information content (AvgIpc) is 3.17. The molecule has 4 rings (SSSR count). The average molecular weight is 465 g/mol. The van der Waals surface area contributed by atoms with Crippen LogP contribution in [-0.4, -0.2) is 27.5 Å². The summed E-state index contributed by atoms with van der Waals surface area (Å²) in [5, 5.41) is 0. The summed E-state index contributed by atoms with van der Waals surface area (Å²) in [7, 11) is -2.06. The van der Waals surface area contributed by atoms with Gasteiger partial charge in [0.25, 0.3) is 5.91 Å². The zero-order valence-electron chi connectivity index (χ0n) is 19.0. The molecule has 1 aliphatic heterocycles. The molecular formula is C26H28N2O4S. The van der Waals surface area contributed by atoms with Crippen LogP contribution in [0.15, 0.2) is 71.6 Å². The minimum absolute atomic E-state index is 0.0120. The molecule has 0 spiro atoms. The molecule has 0 fully saturated rings. The molecule has 1 unspecified atom stereocenters. The molecule has 3 aromatic rings. The fourth-order valence-corrected chi connectivity index (χ4v) is 5.59. The zero-order valence-corrected chi connectivity index (χ0v) is 19.9. The van der Waals surface area contributed by atoms with Gasteiger partial charge in [0.15, 0.2) is 0 Å². The molecule has 1 heterocycles. The van der Waals surface area contributed by atoms with Crippen LogP contribution in [0.3, 0.4) is 0 Å². The highest BCUT2D eigenvalue weighted by Gasteiger charge is 2.32. The number of anilines is 1. The van der Waals surface area contributed by atoms with Gasteiger partial charge in [-0.3, -0.25) is 4.79 Å². The number of aryl methyl sites for hydroxylation is 1. The molecule has 0 aromatic heterocycles. The van der Waals surface area contributed by atoms with Crippen molar-refractivity contribution in [3.05, 3.63) is 89.0 Å². The third kappa shape index (κ3) is 4.65. The number of sulfonamides is 1. The summed E-state index contributed by atoms with van der Waals surface area (Å²) in [5.74, 6) is 0.610. The van der Waals surface area contributed by atoms with Gasteiger partial charge in [-0.05, 0) is 72.9 Å². The SMILES string of the molecule is CCc1ccccc1S(=O)(=O)NCc1ccc2c(c1)N(C(=O)c1ccc(OC)cc1)C(C)C2. The van der Waals surface area contributed by atoms with Gasteiger partial charge in [-0.25, -0.2) is 13.1 Å². The van der Waals surface area contributed by atoms with E-state index in [1.807, 2.05) is 44.2 Å². The Balaban J connectivity index is 1.56. The highest BCUT2D eigenvalue weighted by molar-refractivity contribution is 7.89. The topological polar surface area (TPSA) is 75.7 Å². The predicted molar refractivity (Wildman–Crippen MR) is 129 cm³/mol. The molecule has 1 amide bonds. The molecule has 0 aliphatic carbocycles. The van der Waals surface area contributed by atoms with Crippen molar-refractivity contribution in [1.82, 2.24) is 4.72 Å². The minimum Gasteiger partial charge on any atom is -0.497 e. The lowest BCUT2D eigenvalue weighted by Crippen LogP contribution is -2.35. The number of nitrogens with one attached hydrogen (secondary N) is 1. The van der Waals surface area contributed by atoms with Crippen molar-refractivity contribution in [2.24, 2.45) is 0 Å². The van der Waals surface area contributed by atoms with E-state index < -0.39 is 10.0 Å². The lowest BCUT2D eigenvalue weighted by Gasteiger charge is -2.23. The number of ether oxygens (including phenoxy) is 1. The van der Waals surface area contributed by atoms with Crippen molar-refractivity contribution in [2.45, 2.75) is 44.2 Å². The van der Waals surface area contributed by atoms with E-state index in [-0.39, 0.29) is 18.5 Å². The number of nitrogens with zero attached hydrogens (tertiary/aromatic N) is 1. The molecule has 1 atom stereocenters. The van der Waals surface area contributed by atoms with Gasteiger partial charge in [0.1, 0.15) is 5.75 Å². The fourth-order valence-electron chi connectivity index (χ4n) is 4.26. The predicted octanol–water partition coefficient (Wildman–Crippen LogP) is 4.33. The van der Waals surface area contributed by atoms with Crippen molar-refractivity contribution in [2.75, 3.05) is 12.0 Å². The first-order valence-electron chi connectivity index (χ1n) is 11.0. The number of amides is 1. The third-order valence-corrected chi connectivity index (χ3v) is 7.53. The molecule has 7 heteroatoms. The van der Waals surface area contributed by atoms with Gasteiger partial charge in [-0.2, -0.15) is 0 Å². The summed E-state index contributed by atoms with van der Waals surface area (Å²) in [6.45, 7) is 4.10. The molecule has 6 nitrogen and oxygen atoms in total. The van der Waals surface area contributed by atoms with Crippen molar-refractivity contribution in [1.29, 1.82) is 0 Å². The second-order valence-corrected chi connectivity index (χ2v) is 9.94. The van der Waals surface area contributed by atoms with Gasteiger partial charge in [0.2, 0.25) is 10.0 Å². The Morgan fingerprint density at radius 3 is 2.52 bits per heavy atom. The summed E-state index contributed by atoms with van der Waals surface area (Å²) < 4.78 is 33.7. The van der Waals surface area contributed by atoms with Gasteiger partial charge in [0, 0.05) is 23.8 Å². The summed E-state index contributed by atoms with van der Waals surface area (Å²) in [6, 6.07) is 19.9. The van der Waals surface area contributed by atoms with Gasteiger partial charge >= 0.3 is 0 Å². The molecular weight excluding hydrogens is 436 g/mol. The minimum atomic E-state index is -3.65. The van der Waals surface area contributed by atoms with E-state index in [2.05, 4.69) is 4.72 Å². The number of carbonyl (C=O) groups is 1. The van der Waals surface area contributed by atoms with Crippen LogP contribution < -0.4 is 14.4 Å². The van der Waals surface area contributed by atoms with Crippen molar-refractivity contribution < 1.29 is 17.9 Å². The summed E-state index contributed by atoms with van der Waals surface area (Å²) in [6.07, 6.45) is 1.39. The second kappa shape index (κ2) is 9.37. The molecule has 0 radical (unpaired) electrons. The van der Waals surface area contributed by atoms with E-state index in [1.54, 1.807) is 48.4 Å². The van der Waals surface area contributed by atoms with Gasteiger partial charge < -0.3 is 9.64 Å². The van der Waals surface area contributed by atoms with Crippen LogP contribution in [0.2, 0.25) is 0 Å². The van der Waals surface area contributed by atoms with Crippen molar-refractivity contribution in [3.63, 3.8) is 0 Å². The van der Waals surface area contributed by atoms with Crippen LogP contribution in [0.5, 0.6) is 5.75 Å². The van der Waals surface area contributed by atoms with Crippen LogP contribution in [0.1, 0.15) is 40.9 Å². The Labute approximate surface area is 195 Å². The molecule has 1 N–H and O–H groups in total. The quantitative estimate of drug-likeness (QED) is 0.565. The molecule has 0 saturated heterocycles. The molecule has 0 bridgehead atoms. The smallest absolute Gasteiger partial charge is 0.258 e. The molecule has 3 aromatic carbocycles. The Kier molecular flexibility index (Phi) is 6.54. The summed E-state index contributed by atoms with van der Waals surface area (Å²) >= 11 is 0. The standard InChI is InChI=1S/C26H28N2O4S/c1-4-20-7-5-6-8-25(20)33(30,31)27-17-19-9-10-22-15-18(2)28(24(22)16-19)26(29)21-11-13-23(32-3)14-12-21/h5-14,16,18,27H,4,15,17H2,1-3H3. The Hall–Kier alpha value is -3.16. The maximum Gasteiger partial charge on any atom is 0.258 e. The molecule has 1 aliphatic rings. The largest absolute Gasteiger partial charge is 0.497 e. The van der Waals surface area contributed by atoms with E-state index in [9.17, 15) is 13.2 Å². The van der Waals surface area contributed by atoms with E-state index in [1.165, 1.54) is 0 Å². The van der Waals surface area contributed by atoms with E-state index in [0.29, 0.717) is 22.6 Å². The van der Waals surface area contributed by atoms with Gasteiger partial charge in [0.05, 0.1) is 12.0 Å². The molecule has 33 heavy (non-hydrogen) atoms. The van der Waals surface area contributed by atoms with Crippen molar-refractivity contribution >= 4 is 21.6 Å². The summed E-state index contributed by atoms with van der Waals surface area (Å²) in [4.78, 5) is 15.4. The highest BCUT2D eigenvalue weighted by Crippen LogP contribution is 2.34. The zero-order chi connectivity index (χ0) is 23.6. The van der Waals surface area contributed by atoms with E-state index in [4.69, 9.17) is 4.74 Å². The maximum atomic E-state index is 13.3. The number of fused-ring (bicyclic) bond motifs is 1. The lowest BCUT2D eigenvalue weighted by atomic mass is 10.1.